The van der Waals surface area contributed by atoms with Crippen LogP contribution in [0.15, 0.2) is 53.6 Å². The zero-order valence-corrected chi connectivity index (χ0v) is 18.7. The smallest absolute Gasteiger partial charge is 0.179 e. The monoisotopic (exact) mass is 430 g/mol. The fourth-order valence-electron chi connectivity index (χ4n) is 3.39. The summed E-state index contributed by atoms with van der Waals surface area (Å²) in [7, 11) is 1.81. The molecule has 2 aromatic heterocycles. The Kier molecular flexibility index (Phi) is 5.48. The van der Waals surface area contributed by atoms with E-state index in [-0.39, 0.29) is 11.2 Å². The molecule has 0 unspecified atom stereocenters. The highest BCUT2D eigenvalue weighted by Gasteiger charge is 2.20. The molecular formula is C23H26N8O. The maximum Gasteiger partial charge on any atom is 0.179 e. The Balaban J connectivity index is 1.54. The lowest BCUT2D eigenvalue weighted by Gasteiger charge is -2.19. The molecular weight excluding hydrogens is 404 g/mol. The minimum absolute atomic E-state index is 0.0665. The second kappa shape index (κ2) is 8.26. The van der Waals surface area contributed by atoms with E-state index in [0.29, 0.717) is 22.9 Å². The molecule has 4 aromatic rings. The minimum Gasteiger partial charge on any atom is -0.504 e. The van der Waals surface area contributed by atoms with Gasteiger partial charge < -0.3 is 5.11 Å². The molecule has 9 nitrogen and oxygen atoms in total. The molecule has 3 N–H and O–H groups in total. The third-order valence-corrected chi connectivity index (χ3v) is 5.25. The van der Waals surface area contributed by atoms with Crippen LogP contribution in [-0.4, -0.2) is 41.2 Å². The van der Waals surface area contributed by atoms with Gasteiger partial charge in [0.25, 0.3) is 0 Å². The van der Waals surface area contributed by atoms with E-state index in [4.69, 9.17) is 0 Å². The third-order valence-electron chi connectivity index (χ3n) is 5.25. The third kappa shape index (κ3) is 4.22. The van der Waals surface area contributed by atoms with E-state index in [2.05, 4.69) is 69.2 Å². The van der Waals surface area contributed by atoms with Gasteiger partial charge in [-0.15, -0.1) is 5.10 Å². The number of aromatic nitrogens is 6. The molecule has 164 valence electrons. The number of benzene rings is 2. The van der Waals surface area contributed by atoms with Gasteiger partial charge in [0.1, 0.15) is 5.69 Å². The molecule has 0 spiro atoms. The van der Waals surface area contributed by atoms with Crippen LogP contribution in [0.25, 0.3) is 22.6 Å². The van der Waals surface area contributed by atoms with Crippen molar-refractivity contribution in [2.45, 2.75) is 33.1 Å². The molecule has 0 aliphatic carbocycles. The van der Waals surface area contributed by atoms with Gasteiger partial charge in [0.05, 0.1) is 11.4 Å². The maximum atomic E-state index is 10.9. The normalized spacial score (nSPS) is 12.2. The number of aromatic hydroxyl groups is 1. The van der Waals surface area contributed by atoms with Crippen LogP contribution in [0.3, 0.4) is 0 Å². The number of H-pyrrole nitrogens is 1. The van der Waals surface area contributed by atoms with Crippen LogP contribution in [0, 0.1) is 0 Å². The number of hydrogen-bond acceptors (Lipinski definition) is 7. The van der Waals surface area contributed by atoms with Gasteiger partial charge in [-0.05, 0) is 52.6 Å². The number of rotatable bonds is 5. The topological polar surface area (TPSA) is 117 Å². The van der Waals surface area contributed by atoms with Gasteiger partial charge in [0.15, 0.2) is 17.3 Å². The molecule has 0 radical (unpaired) electrons. The minimum atomic E-state index is 0.0665. The summed E-state index contributed by atoms with van der Waals surface area (Å²) in [6.07, 6.45) is 0. The number of tetrazole rings is 1. The molecule has 0 atom stereocenters. The summed E-state index contributed by atoms with van der Waals surface area (Å²) in [6.45, 7) is 8.32. The molecule has 0 bridgehead atoms. The number of nitrogens with one attached hydrogen (secondary N) is 2. The van der Waals surface area contributed by atoms with Gasteiger partial charge in [0, 0.05) is 18.2 Å². The summed E-state index contributed by atoms with van der Waals surface area (Å²) in [5.74, 6) is 0.699. The van der Waals surface area contributed by atoms with Crippen molar-refractivity contribution in [1.29, 1.82) is 0 Å². The lowest BCUT2D eigenvalue weighted by Crippen LogP contribution is -2.10. The van der Waals surface area contributed by atoms with Crippen molar-refractivity contribution in [2.75, 3.05) is 5.43 Å². The largest absolute Gasteiger partial charge is 0.504 e. The van der Waals surface area contributed by atoms with Crippen molar-refractivity contribution in [2.24, 2.45) is 12.1 Å². The molecule has 0 fully saturated rings. The van der Waals surface area contributed by atoms with E-state index in [1.165, 1.54) is 5.56 Å². The van der Waals surface area contributed by atoms with E-state index < -0.39 is 0 Å². The first-order chi connectivity index (χ1) is 15.2. The van der Waals surface area contributed by atoms with Crippen molar-refractivity contribution in [1.82, 2.24) is 30.4 Å². The quantitative estimate of drug-likeness (QED) is 0.324. The fourth-order valence-corrected chi connectivity index (χ4v) is 3.39. The van der Waals surface area contributed by atoms with E-state index >= 15 is 0 Å². The molecule has 0 saturated carbocycles. The first-order valence-electron chi connectivity index (χ1n) is 10.3. The van der Waals surface area contributed by atoms with E-state index in [9.17, 15) is 5.11 Å². The summed E-state index contributed by atoms with van der Waals surface area (Å²) < 4.78 is 1.68. The summed E-state index contributed by atoms with van der Waals surface area (Å²) in [5.41, 5.74) is 8.50. The molecule has 0 aliphatic heterocycles. The summed E-state index contributed by atoms with van der Waals surface area (Å²) in [4.78, 5) is 0. The maximum absolute atomic E-state index is 10.9. The van der Waals surface area contributed by atoms with Crippen molar-refractivity contribution >= 4 is 11.4 Å². The van der Waals surface area contributed by atoms with Gasteiger partial charge in [-0.1, -0.05) is 45.0 Å². The van der Waals surface area contributed by atoms with Crippen LogP contribution in [0.2, 0.25) is 0 Å². The van der Waals surface area contributed by atoms with Crippen LogP contribution in [0.5, 0.6) is 5.75 Å². The Bertz CT molecular complexity index is 1230. The Hall–Kier alpha value is -4.01. The molecule has 2 aromatic carbocycles. The molecule has 9 heteroatoms. The van der Waals surface area contributed by atoms with Gasteiger partial charge >= 0.3 is 0 Å². The van der Waals surface area contributed by atoms with Crippen molar-refractivity contribution in [3.8, 4) is 28.4 Å². The lowest BCUT2D eigenvalue weighted by molar-refractivity contribution is 0.475. The second-order valence-electron chi connectivity index (χ2n) is 8.63. The number of hydrogen-bond donors (Lipinski definition) is 3. The van der Waals surface area contributed by atoms with E-state index in [1.54, 1.807) is 11.6 Å². The van der Waals surface area contributed by atoms with Gasteiger partial charge in [-0.2, -0.15) is 10.2 Å². The van der Waals surface area contributed by atoms with Crippen LogP contribution < -0.4 is 5.43 Å². The van der Waals surface area contributed by atoms with Crippen LogP contribution in [0.4, 0.5) is 5.69 Å². The Morgan fingerprint density at radius 2 is 1.69 bits per heavy atom. The standard InChI is InChI=1S/C23H26N8O/c1-14(24-25-18-12-8-16(9-13-18)22-26-29-30-27-22)19-21(32)20(31(5)28-19)15-6-10-17(11-7-15)23(2,3)4/h6-13,25,32H,1-5H3,(H,26,27,29,30). The number of aromatic amines is 1. The first kappa shape index (κ1) is 21.2. The molecule has 4 rings (SSSR count). The molecule has 32 heavy (non-hydrogen) atoms. The zero-order chi connectivity index (χ0) is 22.9. The predicted octanol–water partition coefficient (Wildman–Crippen LogP) is 4.11. The average Bonchev–Trinajstić information content (AvgIpc) is 3.40. The highest BCUT2D eigenvalue weighted by atomic mass is 16.3. The highest BCUT2D eigenvalue weighted by Crippen LogP contribution is 2.33. The second-order valence-corrected chi connectivity index (χ2v) is 8.63. The van der Waals surface area contributed by atoms with Crippen molar-refractivity contribution in [3.05, 3.63) is 59.8 Å². The van der Waals surface area contributed by atoms with Crippen molar-refractivity contribution < 1.29 is 5.11 Å². The number of nitrogens with zero attached hydrogens (tertiary/aromatic N) is 6. The Morgan fingerprint density at radius 3 is 2.28 bits per heavy atom. The summed E-state index contributed by atoms with van der Waals surface area (Å²) in [6, 6.07) is 15.7. The van der Waals surface area contributed by atoms with E-state index in [1.807, 2.05) is 43.4 Å². The first-order valence-corrected chi connectivity index (χ1v) is 10.3. The van der Waals surface area contributed by atoms with Gasteiger partial charge in [-0.25, -0.2) is 5.10 Å². The SMILES string of the molecule is CC(=NNc1ccc(-c2nnn[nH]2)cc1)c1nn(C)c(-c2ccc(C(C)(C)C)cc2)c1O. The van der Waals surface area contributed by atoms with Crippen molar-refractivity contribution in [3.63, 3.8) is 0 Å². The van der Waals surface area contributed by atoms with Crippen LogP contribution in [0.1, 0.15) is 39.0 Å². The van der Waals surface area contributed by atoms with Crippen LogP contribution in [-0.2, 0) is 12.5 Å². The highest BCUT2D eigenvalue weighted by molar-refractivity contribution is 6.01. The van der Waals surface area contributed by atoms with E-state index in [0.717, 1.165) is 16.8 Å². The zero-order valence-electron chi connectivity index (χ0n) is 18.7. The van der Waals surface area contributed by atoms with Crippen LogP contribution >= 0.6 is 0 Å². The fraction of sp³-hybridized carbons (Fsp3) is 0.261. The molecule has 2 heterocycles. The molecule has 0 saturated heterocycles. The average molecular weight is 431 g/mol. The predicted molar refractivity (Wildman–Crippen MR) is 124 cm³/mol. The van der Waals surface area contributed by atoms with Gasteiger partial charge in [-0.3, -0.25) is 10.1 Å². The summed E-state index contributed by atoms with van der Waals surface area (Å²) >= 11 is 0. The van der Waals surface area contributed by atoms with Gasteiger partial charge in [0.2, 0.25) is 0 Å². The lowest BCUT2D eigenvalue weighted by atomic mass is 9.86. The number of hydrazone groups is 1. The summed E-state index contributed by atoms with van der Waals surface area (Å²) in [5, 5.41) is 33.5. The molecule has 0 amide bonds. The Labute approximate surface area is 186 Å². The Morgan fingerprint density at radius 1 is 1.03 bits per heavy atom. The molecule has 0 aliphatic rings. The number of aryl methyl sites for hydroxylation is 1. The number of anilines is 1.